The Morgan fingerprint density at radius 1 is 0.967 bits per heavy atom. The zero-order chi connectivity index (χ0) is 21.3. The van der Waals surface area contributed by atoms with E-state index >= 15 is 0 Å². The van der Waals surface area contributed by atoms with Gasteiger partial charge in [0.2, 0.25) is 5.13 Å². The van der Waals surface area contributed by atoms with Gasteiger partial charge < -0.3 is 9.47 Å². The molecule has 1 N–H and O–H groups in total. The highest BCUT2D eigenvalue weighted by molar-refractivity contribution is 7.18. The van der Waals surface area contributed by atoms with Crippen LogP contribution in [0.15, 0.2) is 48.5 Å². The first-order valence-electron chi connectivity index (χ1n) is 9.67. The Hall–Kier alpha value is -3.26. The van der Waals surface area contributed by atoms with E-state index in [2.05, 4.69) is 27.2 Å². The number of nitrogens with zero attached hydrogens (tertiary/aromatic N) is 2. The predicted octanol–water partition coefficient (Wildman–Crippen LogP) is 4.81. The summed E-state index contributed by atoms with van der Waals surface area (Å²) in [6.07, 6.45) is 3.37. The lowest BCUT2D eigenvalue weighted by atomic mass is 10.1. The fraction of sp³-hybridized carbons (Fsp3) is 0.273. The van der Waals surface area contributed by atoms with Gasteiger partial charge in [0.25, 0.3) is 5.91 Å². The third-order valence-electron chi connectivity index (χ3n) is 4.33. The number of methoxy groups -OCH3 is 1. The van der Waals surface area contributed by atoms with Crippen molar-refractivity contribution in [3.8, 4) is 16.3 Å². The van der Waals surface area contributed by atoms with Crippen LogP contribution in [0, 0.1) is 0 Å². The van der Waals surface area contributed by atoms with E-state index in [1.54, 1.807) is 12.1 Å². The minimum atomic E-state index is -0.451. The Balaban J connectivity index is 1.59. The van der Waals surface area contributed by atoms with Crippen molar-refractivity contribution in [2.24, 2.45) is 0 Å². The molecule has 3 rings (SSSR count). The summed E-state index contributed by atoms with van der Waals surface area (Å²) in [7, 11) is 1.31. The molecule has 0 aliphatic carbocycles. The Bertz CT molecular complexity index is 984. The lowest BCUT2D eigenvalue weighted by Gasteiger charge is -2.05. The molecular formula is C22H23N3O4S. The molecule has 0 unspecified atom stereocenters. The molecular weight excluding hydrogens is 402 g/mol. The highest BCUT2D eigenvalue weighted by atomic mass is 32.1. The molecule has 0 spiro atoms. The molecule has 0 radical (unpaired) electrons. The Morgan fingerprint density at radius 2 is 1.67 bits per heavy atom. The SMILES string of the molecule is CCCCCOc1ccc(-c2nnc(NC(=O)c3ccc(C(=O)OC)cc3)s2)cc1. The van der Waals surface area contributed by atoms with E-state index in [1.807, 2.05) is 24.3 Å². The van der Waals surface area contributed by atoms with Crippen molar-refractivity contribution in [2.45, 2.75) is 26.2 Å². The normalized spacial score (nSPS) is 10.5. The van der Waals surface area contributed by atoms with Gasteiger partial charge >= 0.3 is 5.97 Å². The van der Waals surface area contributed by atoms with Gasteiger partial charge in [-0.1, -0.05) is 31.1 Å². The first-order valence-corrected chi connectivity index (χ1v) is 10.5. The zero-order valence-electron chi connectivity index (χ0n) is 16.9. The molecule has 0 aliphatic heterocycles. The van der Waals surface area contributed by atoms with Crippen LogP contribution in [0.2, 0.25) is 0 Å². The second-order valence-electron chi connectivity index (χ2n) is 6.52. The summed E-state index contributed by atoms with van der Waals surface area (Å²) in [6, 6.07) is 13.9. The van der Waals surface area contributed by atoms with Gasteiger partial charge in [0.05, 0.1) is 19.3 Å². The maximum absolute atomic E-state index is 12.4. The second-order valence-corrected chi connectivity index (χ2v) is 7.49. The van der Waals surface area contributed by atoms with E-state index in [0.717, 1.165) is 30.6 Å². The summed E-state index contributed by atoms with van der Waals surface area (Å²) in [5.41, 5.74) is 1.69. The maximum Gasteiger partial charge on any atom is 0.337 e. The molecule has 7 nitrogen and oxygen atoms in total. The molecule has 8 heteroatoms. The summed E-state index contributed by atoms with van der Waals surface area (Å²) in [4.78, 5) is 23.9. The minimum absolute atomic E-state index is 0.329. The minimum Gasteiger partial charge on any atom is -0.494 e. The monoisotopic (exact) mass is 425 g/mol. The third kappa shape index (κ3) is 5.64. The van der Waals surface area contributed by atoms with Gasteiger partial charge in [-0.3, -0.25) is 10.1 Å². The molecule has 156 valence electrons. The van der Waals surface area contributed by atoms with Gasteiger partial charge in [-0.2, -0.15) is 0 Å². The standard InChI is InChI=1S/C22H23N3O4S/c1-3-4-5-14-29-18-12-10-16(11-13-18)20-24-25-22(30-20)23-19(26)15-6-8-17(9-7-15)21(27)28-2/h6-13H,3-5,14H2,1-2H3,(H,23,25,26). The van der Waals surface area contributed by atoms with Crippen LogP contribution < -0.4 is 10.1 Å². The quantitative estimate of drug-likeness (QED) is 0.391. The highest BCUT2D eigenvalue weighted by Crippen LogP contribution is 2.28. The first kappa shape index (κ1) is 21.4. The van der Waals surface area contributed by atoms with Crippen LogP contribution in [0.3, 0.4) is 0 Å². The Morgan fingerprint density at radius 3 is 2.33 bits per heavy atom. The lowest BCUT2D eigenvalue weighted by Crippen LogP contribution is -2.12. The average molecular weight is 426 g/mol. The van der Waals surface area contributed by atoms with Crippen molar-refractivity contribution in [1.29, 1.82) is 0 Å². The summed E-state index contributed by atoms with van der Waals surface area (Å²) in [5, 5.41) is 12.0. The van der Waals surface area contributed by atoms with Crippen molar-refractivity contribution in [3.05, 3.63) is 59.7 Å². The highest BCUT2D eigenvalue weighted by Gasteiger charge is 2.13. The van der Waals surface area contributed by atoms with Crippen molar-refractivity contribution in [3.63, 3.8) is 0 Å². The number of esters is 1. The number of anilines is 1. The summed E-state index contributed by atoms with van der Waals surface area (Å²) < 4.78 is 10.4. The van der Waals surface area contributed by atoms with E-state index < -0.39 is 5.97 Å². The van der Waals surface area contributed by atoms with Gasteiger partial charge in [-0.25, -0.2) is 4.79 Å². The van der Waals surface area contributed by atoms with Crippen LogP contribution in [0.5, 0.6) is 5.75 Å². The molecule has 2 aromatic carbocycles. The zero-order valence-corrected chi connectivity index (χ0v) is 17.7. The van der Waals surface area contributed by atoms with Crippen LogP contribution in [0.1, 0.15) is 46.9 Å². The number of unbranched alkanes of at least 4 members (excludes halogenated alkanes) is 2. The van der Waals surface area contributed by atoms with Crippen molar-refractivity contribution in [1.82, 2.24) is 10.2 Å². The fourth-order valence-corrected chi connectivity index (χ4v) is 3.42. The van der Waals surface area contributed by atoms with E-state index in [4.69, 9.17) is 4.74 Å². The second kappa shape index (κ2) is 10.5. The van der Waals surface area contributed by atoms with Gasteiger partial charge in [0, 0.05) is 11.1 Å². The van der Waals surface area contributed by atoms with Gasteiger partial charge in [-0.05, 0) is 55.0 Å². The number of ether oxygens (including phenoxy) is 2. The van der Waals surface area contributed by atoms with E-state index in [0.29, 0.717) is 27.9 Å². The molecule has 0 saturated heterocycles. The smallest absolute Gasteiger partial charge is 0.337 e. The molecule has 1 aromatic heterocycles. The van der Waals surface area contributed by atoms with Crippen LogP contribution in [0.25, 0.3) is 10.6 Å². The summed E-state index contributed by atoms with van der Waals surface area (Å²) in [5.74, 6) is 0.0429. The molecule has 0 saturated carbocycles. The van der Waals surface area contributed by atoms with E-state index in [1.165, 1.54) is 30.6 Å². The molecule has 0 fully saturated rings. The molecule has 1 amide bonds. The molecule has 3 aromatic rings. The number of hydrogen-bond donors (Lipinski definition) is 1. The number of benzene rings is 2. The summed E-state index contributed by atoms with van der Waals surface area (Å²) in [6.45, 7) is 2.87. The molecule has 30 heavy (non-hydrogen) atoms. The predicted molar refractivity (Wildman–Crippen MR) is 116 cm³/mol. The number of rotatable bonds is 9. The largest absolute Gasteiger partial charge is 0.494 e. The Kier molecular flexibility index (Phi) is 7.51. The molecule has 0 atom stereocenters. The Labute approximate surface area is 179 Å². The number of carbonyl (C=O) groups is 2. The van der Waals surface area contributed by atoms with E-state index in [9.17, 15) is 9.59 Å². The fourth-order valence-electron chi connectivity index (χ4n) is 2.67. The third-order valence-corrected chi connectivity index (χ3v) is 5.22. The van der Waals surface area contributed by atoms with Gasteiger partial charge in [0.15, 0.2) is 0 Å². The van der Waals surface area contributed by atoms with Gasteiger partial charge in [0.1, 0.15) is 10.8 Å². The summed E-state index contributed by atoms with van der Waals surface area (Å²) >= 11 is 1.28. The first-order chi connectivity index (χ1) is 14.6. The molecule has 0 aliphatic rings. The number of nitrogens with one attached hydrogen (secondary N) is 1. The van der Waals surface area contributed by atoms with Gasteiger partial charge in [-0.15, -0.1) is 10.2 Å². The molecule has 1 heterocycles. The maximum atomic E-state index is 12.4. The number of hydrogen-bond acceptors (Lipinski definition) is 7. The number of aromatic nitrogens is 2. The van der Waals surface area contributed by atoms with Crippen LogP contribution in [0.4, 0.5) is 5.13 Å². The van der Waals surface area contributed by atoms with Crippen LogP contribution in [-0.4, -0.2) is 35.8 Å². The lowest BCUT2D eigenvalue weighted by molar-refractivity contribution is 0.0600. The average Bonchev–Trinajstić information content (AvgIpc) is 3.25. The van der Waals surface area contributed by atoms with Crippen LogP contribution in [-0.2, 0) is 4.74 Å². The van der Waals surface area contributed by atoms with Crippen molar-refractivity contribution in [2.75, 3.05) is 19.0 Å². The van der Waals surface area contributed by atoms with Crippen molar-refractivity contribution >= 4 is 28.3 Å². The van der Waals surface area contributed by atoms with Crippen LogP contribution >= 0.6 is 11.3 Å². The topological polar surface area (TPSA) is 90.4 Å². The van der Waals surface area contributed by atoms with E-state index in [-0.39, 0.29) is 5.91 Å². The molecule has 0 bridgehead atoms. The van der Waals surface area contributed by atoms with Crippen molar-refractivity contribution < 1.29 is 19.1 Å². The number of carbonyl (C=O) groups excluding carboxylic acids is 2. The number of amides is 1.